The first kappa shape index (κ1) is 16.2. The molecule has 0 radical (unpaired) electrons. The van der Waals surface area contributed by atoms with Crippen LogP contribution >= 0.6 is 0 Å². The van der Waals surface area contributed by atoms with Crippen molar-refractivity contribution < 1.29 is 22.4 Å². The first-order valence-corrected chi connectivity index (χ1v) is 8.29. The van der Waals surface area contributed by atoms with E-state index in [-0.39, 0.29) is 12.4 Å². The second kappa shape index (κ2) is 5.89. The lowest BCUT2D eigenvalue weighted by Crippen LogP contribution is -2.36. The van der Waals surface area contributed by atoms with Crippen LogP contribution in [0.25, 0.3) is 0 Å². The minimum atomic E-state index is -4.72. The number of hydrogen-bond donors (Lipinski definition) is 1. The largest absolute Gasteiger partial charge is 0.437 e. The van der Waals surface area contributed by atoms with Gasteiger partial charge in [-0.3, -0.25) is 4.79 Å². The Morgan fingerprint density at radius 2 is 2.20 bits per heavy atom. The normalized spacial score (nSPS) is 17.6. The minimum Gasteiger partial charge on any atom is -0.435 e. The predicted octanol–water partition coefficient (Wildman–Crippen LogP) is 2.96. The molecule has 25 heavy (non-hydrogen) atoms. The molecule has 1 N–H and O–H groups in total. The third kappa shape index (κ3) is 3.27. The summed E-state index contributed by atoms with van der Waals surface area (Å²) < 4.78 is 45.1. The Morgan fingerprint density at radius 1 is 1.40 bits per heavy atom. The van der Waals surface area contributed by atoms with Crippen LogP contribution in [0.5, 0.6) is 0 Å². The van der Waals surface area contributed by atoms with Gasteiger partial charge in [-0.05, 0) is 12.3 Å². The molecule has 0 atom stereocenters. The van der Waals surface area contributed by atoms with Gasteiger partial charge in [0.15, 0.2) is 11.6 Å². The van der Waals surface area contributed by atoms with Crippen LogP contribution in [0.15, 0.2) is 10.7 Å². The van der Waals surface area contributed by atoms with Gasteiger partial charge in [-0.25, -0.2) is 9.97 Å². The van der Waals surface area contributed by atoms with E-state index in [2.05, 4.69) is 15.0 Å². The monoisotopic (exact) mass is 354 g/mol. The van der Waals surface area contributed by atoms with E-state index in [0.717, 1.165) is 30.7 Å². The molecule has 0 spiro atoms. The molecule has 0 aromatic carbocycles. The van der Waals surface area contributed by atoms with Gasteiger partial charge in [0.2, 0.25) is 5.76 Å². The molecule has 2 aliphatic rings. The van der Waals surface area contributed by atoms with Crippen LogP contribution in [0.4, 0.5) is 13.2 Å². The van der Waals surface area contributed by atoms with Crippen LogP contribution < -0.4 is 0 Å². The van der Waals surface area contributed by atoms with Crippen LogP contribution in [0.3, 0.4) is 0 Å². The molecule has 2 aromatic heterocycles. The molecule has 1 fully saturated rings. The SMILES string of the molecule is O=C(c1oc(CCC2CC2)nc1C(F)(F)F)N1CCc2nc[nH]c2C1. The zero-order valence-corrected chi connectivity index (χ0v) is 13.4. The number of nitrogens with zero attached hydrogens (tertiary/aromatic N) is 3. The number of rotatable bonds is 4. The number of carbonyl (C=O) groups is 1. The van der Waals surface area contributed by atoms with Crippen molar-refractivity contribution in [3.63, 3.8) is 0 Å². The van der Waals surface area contributed by atoms with E-state index in [4.69, 9.17) is 4.42 Å². The Bertz CT molecular complexity index is 792. The number of carbonyl (C=O) groups excluding carboxylic acids is 1. The third-order valence-corrected chi connectivity index (χ3v) is 4.66. The van der Waals surface area contributed by atoms with Crippen LogP contribution in [0.2, 0.25) is 0 Å². The number of aryl methyl sites for hydroxylation is 1. The van der Waals surface area contributed by atoms with Crippen molar-refractivity contribution in [1.29, 1.82) is 0 Å². The van der Waals surface area contributed by atoms with E-state index >= 15 is 0 Å². The number of amides is 1. The maximum Gasteiger partial charge on any atom is 0.437 e. The number of aromatic nitrogens is 3. The highest BCUT2D eigenvalue weighted by Crippen LogP contribution is 2.36. The summed E-state index contributed by atoms with van der Waals surface area (Å²) in [6.07, 6.45) is 0.552. The number of aromatic amines is 1. The Hall–Kier alpha value is -2.32. The molecule has 3 heterocycles. The van der Waals surface area contributed by atoms with Crippen molar-refractivity contribution in [2.75, 3.05) is 6.54 Å². The lowest BCUT2D eigenvalue weighted by atomic mass is 10.1. The number of nitrogens with one attached hydrogen (secondary N) is 1. The number of hydrogen-bond acceptors (Lipinski definition) is 4. The highest BCUT2D eigenvalue weighted by molar-refractivity contribution is 5.92. The third-order valence-electron chi connectivity index (χ3n) is 4.66. The topological polar surface area (TPSA) is 75.0 Å². The van der Waals surface area contributed by atoms with Crippen molar-refractivity contribution >= 4 is 5.91 Å². The molecule has 1 amide bonds. The van der Waals surface area contributed by atoms with Gasteiger partial charge >= 0.3 is 6.18 Å². The summed E-state index contributed by atoms with van der Waals surface area (Å²) in [6.45, 7) is 0.482. The average molecular weight is 354 g/mol. The van der Waals surface area contributed by atoms with E-state index < -0.39 is 23.5 Å². The van der Waals surface area contributed by atoms with Crippen LogP contribution in [-0.4, -0.2) is 32.3 Å². The number of alkyl halides is 3. The van der Waals surface area contributed by atoms with Gasteiger partial charge in [0.05, 0.1) is 24.3 Å². The average Bonchev–Trinajstić information content (AvgIpc) is 3.10. The van der Waals surface area contributed by atoms with E-state index in [1.807, 2.05) is 0 Å². The number of oxazole rings is 1. The fraction of sp³-hybridized carbons (Fsp3) is 0.562. The molecule has 1 saturated carbocycles. The standard InChI is InChI=1S/C16H17F3N4O2/c17-16(18,19)14-13(25-12(22-14)4-3-9-1-2-9)15(24)23-6-5-10-11(7-23)21-8-20-10/h8-9H,1-7H2,(H,20,21). The van der Waals surface area contributed by atoms with E-state index in [9.17, 15) is 18.0 Å². The molecule has 0 unspecified atom stereocenters. The van der Waals surface area contributed by atoms with Gasteiger partial charge in [0.25, 0.3) is 5.91 Å². The summed E-state index contributed by atoms with van der Waals surface area (Å²) in [5.74, 6) is -0.956. The maximum atomic E-state index is 13.3. The maximum absolute atomic E-state index is 13.3. The molecule has 0 saturated heterocycles. The Kier molecular flexibility index (Phi) is 3.81. The van der Waals surface area contributed by atoms with Crippen LogP contribution in [0, 0.1) is 5.92 Å². The van der Waals surface area contributed by atoms with Crippen molar-refractivity contribution in [3.8, 4) is 0 Å². The van der Waals surface area contributed by atoms with Gasteiger partial charge in [0, 0.05) is 19.4 Å². The van der Waals surface area contributed by atoms with Gasteiger partial charge in [-0.1, -0.05) is 12.8 Å². The molecule has 4 rings (SSSR count). The van der Waals surface area contributed by atoms with Crippen molar-refractivity contribution in [1.82, 2.24) is 19.9 Å². The summed E-state index contributed by atoms with van der Waals surface area (Å²) in [7, 11) is 0. The van der Waals surface area contributed by atoms with E-state index in [1.54, 1.807) is 0 Å². The lowest BCUT2D eigenvalue weighted by molar-refractivity contribution is -0.141. The minimum absolute atomic E-state index is 0.0122. The molecule has 134 valence electrons. The van der Waals surface area contributed by atoms with Crippen molar-refractivity contribution in [3.05, 3.63) is 35.1 Å². The number of imidazole rings is 1. The fourth-order valence-corrected chi connectivity index (χ4v) is 3.07. The molecule has 2 aromatic rings. The number of H-pyrrole nitrogens is 1. The summed E-state index contributed by atoms with van der Waals surface area (Å²) in [4.78, 5) is 24.6. The Labute approximate surface area is 141 Å². The quantitative estimate of drug-likeness (QED) is 0.916. The van der Waals surface area contributed by atoms with Crippen LogP contribution in [-0.2, 0) is 25.6 Å². The summed E-state index contributed by atoms with van der Waals surface area (Å²) >= 11 is 0. The molecule has 6 nitrogen and oxygen atoms in total. The highest BCUT2D eigenvalue weighted by Gasteiger charge is 2.42. The second-order valence-electron chi connectivity index (χ2n) is 6.57. The zero-order chi connectivity index (χ0) is 17.6. The van der Waals surface area contributed by atoms with E-state index in [0.29, 0.717) is 25.3 Å². The zero-order valence-electron chi connectivity index (χ0n) is 13.4. The van der Waals surface area contributed by atoms with Crippen LogP contribution in [0.1, 0.15) is 52.8 Å². The summed E-state index contributed by atoms with van der Waals surface area (Å²) in [6, 6.07) is 0. The molecular formula is C16H17F3N4O2. The molecule has 0 bridgehead atoms. The van der Waals surface area contributed by atoms with Gasteiger partial charge in [-0.2, -0.15) is 13.2 Å². The fourth-order valence-electron chi connectivity index (χ4n) is 3.07. The summed E-state index contributed by atoms with van der Waals surface area (Å²) in [5.41, 5.74) is 0.350. The molecular weight excluding hydrogens is 337 g/mol. The number of halogens is 3. The van der Waals surface area contributed by atoms with Crippen molar-refractivity contribution in [2.24, 2.45) is 5.92 Å². The highest BCUT2D eigenvalue weighted by atomic mass is 19.4. The van der Waals surface area contributed by atoms with Gasteiger partial charge < -0.3 is 14.3 Å². The van der Waals surface area contributed by atoms with Crippen molar-refractivity contribution in [2.45, 2.75) is 44.8 Å². The number of fused-ring (bicyclic) bond motifs is 1. The molecule has 1 aliphatic heterocycles. The lowest BCUT2D eigenvalue weighted by Gasteiger charge is -2.25. The second-order valence-corrected chi connectivity index (χ2v) is 6.57. The molecule has 1 aliphatic carbocycles. The first-order chi connectivity index (χ1) is 11.9. The van der Waals surface area contributed by atoms with Gasteiger partial charge in [-0.15, -0.1) is 0 Å². The predicted molar refractivity (Wildman–Crippen MR) is 79.6 cm³/mol. The van der Waals surface area contributed by atoms with E-state index in [1.165, 1.54) is 11.2 Å². The Balaban J connectivity index is 1.58. The molecule has 9 heteroatoms. The Morgan fingerprint density at radius 3 is 2.92 bits per heavy atom. The van der Waals surface area contributed by atoms with Gasteiger partial charge in [0.1, 0.15) is 0 Å². The first-order valence-electron chi connectivity index (χ1n) is 8.29. The summed E-state index contributed by atoms with van der Waals surface area (Å²) in [5, 5.41) is 0. The smallest absolute Gasteiger partial charge is 0.435 e.